The molecule has 0 aliphatic rings. The maximum Gasteiger partial charge on any atom is 0.299 e. The van der Waals surface area contributed by atoms with E-state index in [1.807, 2.05) is 0 Å². The molecule has 0 aliphatic heterocycles. The minimum Gasteiger partial charge on any atom is -0.468 e. The highest BCUT2D eigenvalue weighted by Gasteiger charge is 2.08. The fourth-order valence-electron chi connectivity index (χ4n) is 1.74. The van der Waals surface area contributed by atoms with E-state index < -0.39 is 0 Å². The third kappa shape index (κ3) is 3.56. The van der Waals surface area contributed by atoms with Gasteiger partial charge in [-0.2, -0.15) is 0 Å². The zero-order valence-corrected chi connectivity index (χ0v) is 11.1. The van der Waals surface area contributed by atoms with Crippen molar-refractivity contribution in [2.75, 3.05) is 26.7 Å². The van der Waals surface area contributed by atoms with Crippen molar-refractivity contribution in [1.82, 2.24) is 14.5 Å². The van der Waals surface area contributed by atoms with Gasteiger partial charge in [0.15, 0.2) is 0 Å². The normalized spacial score (nSPS) is 10.9. The summed E-state index contributed by atoms with van der Waals surface area (Å²) in [5.74, 6) is 0. The van der Waals surface area contributed by atoms with Gasteiger partial charge in [0, 0.05) is 24.8 Å². The summed E-state index contributed by atoms with van der Waals surface area (Å²) >= 11 is 0. The Labute approximate surface area is 102 Å². The molecule has 0 saturated carbocycles. The highest BCUT2D eigenvalue weighted by molar-refractivity contribution is 5.06. The second-order valence-electron chi connectivity index (χ2n) is 3.90. The number of hydrogen-bond donors (Lipinski definition) is 0. The molecule has 5 nitrogen and oxygen atoms in total. The first-order valence-electron chi connectivity index (χ1n) is 5.97. The lowest BCUT2D eigenvalue weighted by Crippen LogP contribution is -2.31. The molecule has 17 heavy (non-hydrogen) atoms. The van der Waals surface area contributed by atoms with Crippen LogP contribution in [0.5, 0.6) is 6.01 Å². The van der Waals surface area contributed by atoms with Gasteiger partial charge in [0.25, 0.3) is 11.6 Å². The van der Waals surface area contributed by atoms with Crippen LogP contribution in [-0.4, -0.2) is 41.2 Å². The summed E-state index contributed by atoms with van der Waals surface area (Å²) < 4.78 is 6.71. The standard InChI is InChI=1S/C12H21N3O2/c1-5-14(6-2)7-8-15-11(16)9-10(3)13-12(15)17-4/h9H,5-8H2,1-4H3. The third-order valence-electron chi connectivity index (χ3n) is 2.82. The lowest BCUT2D eigenvalue weighted by Gasteiger charge is -2.19. The minimum absolute atomic E-state index is 0.0542. The van der Waals surface area contributed by atoms with Crippen molar-refractivity contribution < 1.29 is 4.74 Å². The molecule has 1 aromatic rings. The summed E-state index contributed by atoms with van der Waals surface area (Å²) in [4.78, 5) is 18.3. The van der Waals surface area contributed by atoms with Crippen LogP contribution in [-0.2, 0) is 6.54 Å². The molecule has 0 fully saturated rings. The van der Waals surface area contributed by atoms with Gasteiger partial charge in [-0.1, -0.05) is 13.8 Å². The van der Waals surface area contributed by atoms with E-state index in [1.54, 1.807) is 11.5 Å². The summed E-state index contributed by atoms with van der Waals surface area (Å²) in [5.41, 5.74) is 0.632. The van der Waals surface area contributed by atoms with Gasteiger partial charge in [-0.15, -0.1) is 0 Å². The first kappa shape index (κ1) is 13.7. The van der Waals surface area contributed by atoms with Gasteiger partial charge in [0.05, 0.1) is 7.11 Å². The van der Waals surface area contributed by atoms with Gasteiger partial charge in [0.2, 0.25) is 0 Å². The highest BCUT2D eigenvalue weighted by Crippen LogP contribution is 2.04. The van der Waals surface area contributed by atoms with E-state index >= 15 is 0 Å². The van der Waals surface area contributed by atoms with E-state index in [4.69, 9.17) is 4.74 Å². The summed E-state index contributed by atoms with van der Waals surface area (Å²) in [6, 6.07) is 1.92. The predicted octanol–water partition coefficient (Wildman–Crippen LogP) is 0.902. The molecule has 0 saturated heterocycles. The van der Waals surface area contributed by atoms with E-state index in [9.17, 15) is 4.79 Å². The summed E-state index contributed by atoms with van der Waals surface area (Å²) in [6.45, 7) is 9.40. The van der Waals surface area contributed by atoms with Crippen molar-refractivity contribution >= 4 is 0 Å². The van der Waals surface area contributed by atoms with Gasteiger partial charge < -0.3 is 9.64 Å². The smallest absolute Gasteiger partial charge is 0.299 e. The van der Waals surface area contributed by atoms with Crippen LogP contribution in [0.2, 0.25) is 0 Å². The molecule has 0 radical (unpaired) electrons. The quantitative estimate of drug-likeness (QED) is 0.740. The fraction of sp³-hybridized carbons (Fsp3) is 0.667. The Morgan fingerprint density at radius 2 is 2.06 bits per heavy atom. The predicted molar refractivity (Wildman–Crippen MR) is 67.6 cm³/mol. The average molecular weight is 239 g/mol. The maximum absolute atomic E-state index is 11.8. The molecule has 1 heterocycles. The lowest BCUT2D eigenvalue weighted by molar-refractivity contribution is 0.273. The van der Waals surface area contributed by atoms with Crippen molar-refractivity contribution in [2.24, 2.45) is 0 Å². The van der Waals surface area contributed by atoms with E-state index in [1.165, 1.54) is 13.2 Å². The molecule has 96 valence electrons. The summed E-state index contributed by atoms with van der Waals surface area (Å²) in [6.07, 6.45) is 0. The second-order valence-corrected chi connectivity index (χ2v) is 3.90. The van der Waals surface area contributed by atoms with E-state index in [2.05, 4.69) is 23.7 Å². The van der Waals surface area contributed by atoms with Crippen LogP contribution in [0, 0.1) is 6.92 Å². The van der Waals surface area contributed by atoms with Crippen molar-refractivity contribution in [3.05, 3.63) is 22.1 Å². The Morgan fingerprint density at radius 3 is 2.59 bits per heavy atom. The topological polar surface area (TPSA) is 47.4 Å². The zero-order chi connectivity index (χ0) is 12.8. The van der Waals surface area contributed by atoms with E-state index in [0.717, 1.165) is 19.6 Å². The van der Waals surface area contributed by atoms with Crippen molar-refractivity contribution in [2.45, 2.75) is 27.3 Å². The molecular weight excluding hydrogens is 218 g/mol. The van der Waals surface area contributed by atoms with Crippen LogP contribution >= 0.6 is 0 Å². The number of hydrogen-bond acceptors (Lipinski definition) is 4. The number of rotatable bonds is 6. The average Bonchev–Trinajstić information content (AvgIpc) is 2.31. The molecule has 0 bridgehead atoms. The molecular formula is C12H21N3O2. The monoisotopic (exact) mass is 239 g/mol. The zero-order valence-electron chi connectivity index (χ0n) is 11.1. The van der Waals surface area contributed by atoms with Crippen LogP contribution < -0.4 is 10.3 Å². The van der Waals surface area contributed by atoms with Gasteiger partial charge in [-0.05, 0) is 20.0 Å². The SMILES string of the molecule is CCN(CC)CCn1c(OC)nc(C)cc1=O. The van der Waals surface area contributed by atoms with Gasteiger partial charge in [0.1, 0.15) is 0 Å². The van der Waals surface area contributed by atoms with Crippen molar-refractivity contribution in [3.63, 3.8) is 0 Å². The maximum atomic E-state index is 11.8. The van der Waals surface area contributed by atoms with Crippen LogP contribution in [0.15, 0.2) is 10.9 Å². The number of aryl methyl sites for hydroxylation is 1. The van der Waals surface area contributed by atoms with Crippen molar-refractivity contribution in [1.29, 1.82) is 0 Å². The second kappa shape index (κ2) is 6.39. The van der Waals surface area contributed by atoms with E-state index in [-0.39, 0.29) is 5.56 Å². The molecule has 0 amide bonds. The third-order valence-corrected chi connectivity index (χ3v) is 2.82. The lowest BCUT2D eigenvalue weighted by atomic mass is 10.4. The number of likely N-dealkylation sites (N-methyl/N-ethyl adjacent to an activating group) is 1. The number of ether oxygens (including phenoxy) is 1. The van der Waals surface area contributed by atoms with Gasteiger partial charge in [-0.3, -0.25) is 9.36 Å². The van der Waals surface area contributed by atoms with Gasteiger partial charge in [-0.25, -0.2) is 4.98 Å². The first-order valence-corrected chi connectivity index (χ1v) is 5.97. The largest absolute Gasteiger partial charge is 0.468 e. The van der Waals surface area contributed by atoms with Crippen LogP contribution in [0.3, 0.4) is 0 Å². The summed E-state index contributed by atoms with van der Waals surface area (Å²) in [5, 5.41) is 0. The first-order chi connectivity index (χ1) is 8.12. The molecule has 0 N–H and O–H groups in total. The van der Waals surface area contributed by atoms with Crippen molar-refractivity contribution in [3.8, 4) is 6.01 Å². The molecule has 0 aliphatic carbocycles. The number of methoxy groups -OCH3 is 1. The molecule has 0 aromatic carbocycles. The van der Waals surface area contributed by atoms with Gasteiger partial charge >= 0.3 is 0 Å². The Morgan fingerprint density at radius 1 is 1.41 bits per heavy atom. The molecule has 5 heteroatoms. The number of nitrogens with zero attached hydrogens (tertiary/aromatic N) is 3. The Kier molecular flexibility index (Phi) is 5.15. The number of aromatic nitrogens is 2. The molecule has 1 aromatic heterocycles. The Hall–Kier alpha value is -1.36. The van der Waals surface area contributed by atoms with E-state index in [0.29, 0.717) is 18.2 Å². The van der Waals surface area contributed by atoms with Crippen LogP contribution in [0.25, 0.3) is 0 Å². The fourth-order valence-corrected chi connectivity index (χ4v) is 1.74. The van der Waals surface area contributed by atoms with Crippen LogP contribution in [0.4, 0.5) is 0 Å². The Bertz CT molecular complexity index is 411. The molecule has 0 spiro atoms. The van der Waals surface area contributed by atoms with Crippen LogP contribution in [0.1, 0.15) is 19.5 Å². The highest BCUT2D eigenvalue weighted by atomic mass is 16.5. The Balaban J connectivity index is 2.86. The summed E-state index contributed by atoms with van der Waals surface area (Å²) in [7, 11) is 1.54. The molecule has 1 rings (SSSR count). The minimum atomic E-state index is -0.0542. The molecule has 0 atom stereocenters. The molecule has 0 unspecified atom stereocenters.